The summed E-state index contributed by atoms with van der Waals surface area (Å²) in [5.74, 6) is -0.511. The number of benzene rings is 2. The standard InChI is InChI=1S/C17H16ClN3O2/c18-13-7-5-11(6-8-13)10-20-17(23)21-14-4-2-1-3-12(14)9-15(21)16(19)22/h1-8,15H,9-10H2,(H2,19,22)(H,20,23). The maximum Gasteiger partial charge on any atom is 0.322 e. The van der Waals surface area contributed by atoms with E-state index in [4.69, 9.17) is 17.3 Å². The first-order valence-corrected chi connectivity index (χ1v) is 7.63. The fourth-order valence-electron chi connectivity index (χ4n) is 2.73. The van der Waals surface area contributed by atoms with Gasteiger partial charge in [-0.2, -0.15) is 0 Å². The summed E-state index contributed by atoms with van der Waals surface area (Å²) in [6.45, 7) is 0.347. The lowest BCUT2D eigenvalue weighted by Gasteiger charge is -2.23. The summed E-state index contributed by atoms with van der Waals surface area (Å²) in [6, 6.07) is 13.6. The molecule has 2 aromatic rings. The molecule has 1 atom stereocenters. The van der Waals surface area contributed by atoms with Gasteiger partial charge >= 0.3 is 6.03 Å². The topological polar surface area (TPSA) is 75.4 Å². The molecule has 3 rings (SSSR count). The number of hydrogen-bond donors (Lipinski definition) is 2. The lowest BCUT2D eigenvalue weighted by atomic mass is 10.1. The second-order valence-corrected chi connectivity index (χ2v) is 5.84. The van der Waals surface area contributed by atoms with E-state index in [2.05, 4.69) is 5.32 Å². The lowest BCUT2D eigenvalue weighted by Crippen LogP contribution is -2.50. The van der Waals surface area contributed by atoms with Crippen molar-refractivity contribution in [2.45, 2.75) is 19.0 Å². The van der Waals surface area contributed by atoms with Gasteiger partial charge in [0.05, 0.1) is 0 Å². The molecule has 0 aromatic heterocycles. The largest absolute Gasteiger partial charge is 0.368 e. The van der Waals surface area contributed by atoms with Gasteiger partial charge in [0.1, 0.15) is 6.04 Å². The van der Waals surface area contributed by atoms with E-state index in [-0.39, 0.29) is 6.03 Å². The highest BCUT2D eigenvalue weighted by Gasteiger charge is 2.36. The van der Waals surface area contributed by atoms with Gasteiger partial charge in [-0.15, -0.1) is 0 Å². The molecule has 2 aromatic carbocycles. The van der Waals surface area contributed by atoms with Crippen molar-refractivity contribution in [2.75, 3.05) is 4.90 Å². The molecule has 5 nitrogen and oxygen atoms in total. The molecule has 0 spiro atoms. The van der Waals surface area contributed by atoms with Gasteiger partial charge in [-0.25, -0.2) is 4.79 Å². The van der Waals surface area contributed by atoms with Crippen LogP contribution in [-0.4, -0.2) is 18.0 Å². The number of amides is 3. The number of anilines is 1. The minimum atomic E-state index is -0.655. The number of para-hydroxylation sites is 1. The van der Waals surface area contributed by atoms with E-state index in [0.717, 1.165) is 16.8 Å². The number of nitrogens with one attached hydrogen (secondary N) is 1. The quantitative estimate of drug-likeness (QED) is 0.907. The minimum absolute atomic E-state index is 0.339. The number of halogens is 1. The Balaban J connectivity index is 1.76. The monoisotopic (exact) mass is 329 g/mol. The zero-order chi connectivity index (χ0) is 16.4. The number of carbonyl (C=O) groups excluding carboxylic acids is 2. The number of urea groups is 1. The molecular weight excluding hydrogens is 314 g/mol. The Morgan fingerprint density at radius 2 is 1.87 bits per heavy atom. The summed E-state index contributed by atoms with van der Waals surface area (Å²) in [6.07, 6.45) is 0.444. The van der Waals surface area contributed by atoms with Crippen molar-refractivity contribution in [3.8, 4) is 0 Å². The maximum absolute atomic E-state index is 12.5. The van der Waals surface area contributed by atoms with Crippen molar-refractivity contribution in [1.82, 2.24) is 5.32 Å². The minimum Gasteiger partial charge on any atom is -0.368 e. The van der Waals surface area contributed by atoms with Gasteiger partial charge in [-0.05, 0) is 29.3 Å². The van der Waals surface area contributed by atoms with Gasteiger partial charge in [-0.3, -0.25) is 9.69 Å². The fourth-order valence-corrected chi connectivity index (χ4v) is 2.86. The summed E-state index contributed by atoms with van der Waals surface area (Å²) in [4.78, 5) is 25.7. The molecule has 118 valence electrons. The van der Waals surface area contributed by atoms with Crippen molar-refractivity contribution >= 4 is 29.2 Å². The van der Waals surface area contributed by atoms with Crippen LogP contribution in [0.25, 0.3) is 0 Å². The van der Waals surface area contributed by atoms with Crippen LogP contribution in [0.2, 0.25) is 5.02 Å². The molecule has 1 aliphatic heterocycles. The Morgan fingerprint density at radius 3 is 2.57 bits per heavy atom. The first-order chi connectivity index (χ1) is 11.1. The van der Waals surface area contributed by atoms with Crippen molar-refractivity contribution in [3.63, 3.8) is 0 Å². The molecule has 0 saturated carbocycles. The SMILES string of the molecule is NC(=O)C1Cc2ccccc2N1C(=O)NCc1ccc(Cl)cc1. The molecule has 6 heteroatoms. The molecule has 0 saturated heterocycles. The lowest BCUT2D eigenvalue weighted by molar-refractivity contribution is -0.119. The van der Waals surface area contributed by atoms with Gasteiger partial charge in [-0.1, -0.05) is 41.9 Å². The van der Waals surface area contributed by atoms with Gasteiger partial charge in [0, 0.05) is 23.7 Å². The van der Waals surface area contributed by atoms with Crippen molar-refractivity contribution < 1.29 is 9.59 Å². The molecule has 0 fully saturated rings. The van der Waals surface area contributed by atoms with E-state index in [1.165, 1.54) is 4.90 Å². The van der Waals surface area contributed by atoms with E-state index in [9.17, 15) is 9.59 Å². The van der Waals surface area contributed by atoms with Crippen molar-refractivity contribution in [2.24, 2.45) is 5.73 Å². The summed E-state index contributed by atoms with van der Waals surface area (Å²) in [5, 5.41) is 3.46. The van der Waals surface area contributed by atoms with Gasteiger partial charge in [0.15, 0.2) is 0 Å². The van der Waals surface area contributed by atoms with E-state index in [1.807, 2.05) is 36.4 Å². The van der Waals surface area contributed by atoms with Crippen LogP contribution in [0.1, 0.15) is 11.1 Å². The van der Waals surface area contributed by atoms with E-state index < -0.39 is 11.9 Å². The average Bonchev–Trinajstić information content (AvgIpc) is 2.94. The predicted molar refractivity (Wildman–Crippen MR) is 89.3 cm³/mol. The first kappa shape index (κ1) is 15.4. The van der Waals surface area contributed by atoms with Crippen LogP contribution in [-0.2, 0) is 17.8 Å². The van der Waals surface area contributed by atoms with Gasteiger partial charge in [0.25, 0.3) is 0 Å². The number of nitrogens with zero attached hydrogens (tertiary/aromatic N) is 1. The Bertz CT molecular complexity index is 746. The maximum atomic E-state index is 12.5. The van der Waals surface area contributed by atoms with E-state index in [0.29, 0.717) is 18.0 Å². The van der Waals surface area contributed by atoms with Crippen LogP contribution in [0, 0.1) is 0 Å². The van der Waals surface area contributed by atoms with Crippen LogP contribution >= 0.6 is 11.6 Å². The number of primary amides is 1. The smallest absolute Gasteiger partial charge is 0.322 e. The summed E-state index contributed by atoms with van der Waals surface area (Å²) >= 11 is 5.84. The molecule has 1 aliphatic rings. The summed E-state index contributed by atoms with van der Waals surface area (Å²) < 4.78 is 0. The number of carbonyl (C=O) groups is 2. The fraction of sp³-hybridized carbons (Fsp3) is 0.176. The molecule has 3 N–H and O–H groups in total. The highest BCUT2D eigenvalue weighted by molar-refractivity contribution is 6.30. The van der Waals surface area contributed by atoms with E-state index >= 15 is 0 Å². The Kier molecular flexibility index (Phi) is 4.21. The van der Waals surface area contributed by atoms with Crippen LogP contribution in [0.5, 0.6) is 0 Å². The predicted octanol–water partition coefficient (Wildman–Crippen LogP) is 2.47. The first-order valence-electron chi connectivity index (χ1n) is 7.25. The summed E-state index contributed by atoms with van der Waals surface area (Å²) in [7, 11) is 0. The molecule has 0 radical (unpaired) electrons. The van der Waals surface area contributed by atoms with Crippen LogP contribution < -0.4 is 16.0 Å². The van der Waals surface area contributed by atoms with Crippen LogP contribution in [0.3, 0.4) is 0 Å². The zero-order valence-corrected chi connectivity index (χ0v) is 13.1. The zero-order valence-electron chi connectivity index (χ0n) is 12.3. The van der Waals surface area contributed by atoms with Gasteiger partial charge in [0.2, 0.25) is 5.91 Å². The van der Waals surface area contributed by atoms with Crippen molar-refractivity contribution in [1.29, 1.82) is 0 Å². The average molecular weight is 330 g/mol. The number of nitrogens with two attached hydrogens (primary N) is 1. The molecular formula is C17H16ClN3O2. The summed E-state index contributed by atoms with van der Waals surface area (Å²) in [5.41, 5.74) is 8.05. The number of rotatable bonds is 3. The Labute approximate surface area is 139 Å². The molecule has 1 unspecified atom stereocenters. The third-order valence-electron chi connectivity index (χ3n) is 3.88. The molecule has 0 bridgehead atoms. The van der Waals surface area contributed by atoms with E-state index in [1.54, 1.807) is 12.1 Å². The van der Waals surface area contributed by atoms with Crippen LogP contribution in [0.4, 0.5) is 10.5 Å². The number of fused-ring (bicyclic) bond motifs is 1. The second-order valence-electron chi connectivity index (χ2n) is 5.41. The molecule has 0 aliphatic carbocycles. The normalized spacial score (nSPS) is 16.0. The highest BCUT2D eigenvalue weighted by atomic mass is 35.5. The third-order valence-corrected chi connectivity index (χ3v) is 4.13. The molecule has 3 amide bonds. The number of hydrogen-bond acceptors (Lipinski definition) is 2. The molecule has 23 heavy (non-hydrogen) atoms. The van der Waals surface area contributed by atoms with Crippen molar-refractivity contribution in [3.05, 3.63) is 64.7 Å². The second kappa shape index (κ2) is 6.30. The highest BCUT2D eigenvalue weighted by Crippen LogP contribution is 2.31. The van der Waals surface area contributed by atoms with Gasteiger partial charge < -0.3 is 11.1 Å². The van der Waals surface area contributed by atoms with Crippen LogP contribution in [0.15, 0.2) is 48.5 Å². The third kappa shape index (κ3) is 3.14. The molecule has 1 heterocycles. The Hall–Kier alpha value is -2.53. The Morgan fingerprint density at radius 1 is 1.17 bits per heavy atom.